The number of nitrogens with one attached hydrogen (secondary N) is 2. The summed E-state index contributed by atoms with van der Waals surface area (Å²) in [6.07, 6.45) is 1.42. The normalized spacial score (nSPS) is 9.94. The molecule has 6 nitrogen and oxygen atoms in total. The van der Waals surface area contributed by atoms with E-state index in [1.54, 1.807) is 18.2 Å². The minimum atomic E-state index is -0.513. The number of anilines is 2. The van der Waals surface area contributed by atoms with E-state index >= 15 is 0 Å². The van der Waals surface area contributed by atoms with E-state index in [1.807, 2.05) is 6.92 Å². The number of carbonyl (C=O) groups excluding carboxylic acids is 1. The number of benzene rings is 1. The van der Waals surface area contributed by atoms with Gasteiger partial charge in [0.25, 0.3) is 0 Å². The first-order valence-electron chi connectivity index (χ1n) is 4.93. The third-order valence-electron chi connectivity index (χ3n) is 2.08. The van der Waals surface area contributed by atoms with E-state index < -0.39 is 6.03 Å². The Morgan fingerprint density at radius 2 is 2.18 bits per heavy atom. The Balaban J connectivity index is 2.03. The number of hydrogen-bond acceptors (Lipinski definition) is 4. The quantitative estimate of drug-likeness (QED) is 0.694. The predicted molar refractivity (Wildman–Crippen MR) is 62.0 cm³/mol. The van der Waals surface area contributed by atoms with Crippen molar-refractivity contribution >= 4 is 17.6 Å². The molecule has 0 aliphatic heterocycles. The summed E-state index contributed by atoms with van der Waals surface area (Å²) in [5, 5.41) is 17.9. The average Bonchev–Trinajstić information content (AvgIpc) is 2.75. The van der Waals surface area contributed by atoms with Crippen LogP contribution in [0.2, 0.25) is 0 Å². The molecule has 2 amide bonds. The molecular formula is C11H11N3O3. The molecular weight excluding hydrogens is 222 g/mol. The zero-order valence-electron chi connectivity index (χ0n) is 9.10. The number of amides is 2. The topological polar surface area (TPSA) is 87.4 Å². The number of urea groups is 1. The Kier molecular flexibility index (Phi) is 2.95. The van der Waals surface area contributed by atoms with Crippen molar-refractivity contribution in [2.24, 2.45) is 0 Å². The SMILES string of the molecule is Cc1ccc(NC(=O)Nc2ccno2)c(O)c1. The summed E-state index contributed by atoms with van der Waals surface area (Å²) in [6, 6.07) is 5.95. The smallest absolute Gasteiger partial charge is 0.326 e. The second-order valence-corrected chi connectivity index (χ2v) is 3.48. The van der Waals surface area contributed by atoms with Gasteiger partial charge in [0.15, 0.2) is 0 Å². The van der Waals surface area contributed by atoms with Crippen LogP contribution >= 0.6 is 0 Å². The fourth-order valence-corrected chi connectivity index (χ4v) is 1.29. The van der Waals surface area contributed by atoms with Crippen LogP contribution < -0.4 is 10.6 Å². The van der Waals surface area contributed by atoms with Crippen LogP contribution in [0.4, 0.5) is 16.4 Å². The largest absolute Gasteiger partial charge is 0.506 e. The summed E-state index contributed by atoms with van der Waals surface area (Å²) in [6.45, 7) is 1.85. The molecule has 3 N–H and O–H groups in total. The number of phenolic OH excluding ortho intramolecular Hbond substituents is 1. The number of aromatic hydroxyl groups is 1. The highest BCUT2D eigenvalue weighted by molar-refractivity contribution is 5.99. The molecule has 0 bridgehead atoms. The number of carbonyl (C=O) groups is 1. The Bertz CT molecular complexity index is 523. The van der Waals surface area contributed by atoms with E-state index in [4.69, 9.17) is 4.52 Å². The lowest BCUT2D eigenvalue weighted by atomic mass is 10.2. The van der Waals surface area contributed by atoms with E-state index in [-0.39, 0.29) is 11.6 Å². The summed E-state index contributed by atoms with van der Waals surface area (Å²) in [7, 11) is 0. The molecule has 6 heteroatoms. The van der Waals surface area contributed by atoms with Crippen LogP contribution in [0.15, 0.2) is 35.0 Å². The van der Waals surface area contributed by atoms with Crippen LogP contribution in [0, 0.1) is 6.92 Å². The average molecular weight is 233 g/mol. The van der Waals surface area contributed by atoms with E-state index in [2.05, 4.69) is 15.8 Å². The first-order chi connectivity index (χ1) is 8.15. The third kappa shape index (κ3) is 2.75. The van der Waals surface area contributed by atoms with Crippen molar-refractivity contribution in [3.8, 4) is 5.75 Å². The lowest BCUT2D eigenvalue weighted by Gasteiger charge is -2.07. The molecule has 0 spiro atoms. The first-order valence-corrected chi connectivity index (χ1v) is 4.93. The van der Waals surface area contributed by atoms with Crippen LogP contribution in [0.5, 0.6) is 5.75 Å². The molecule has 1 heterocycles. The van der Waals surface area contributed by atoms with E-state index in [1.165, 1.54) is 12.3 Å². The van der Waals surface area contributed by atoms with Crippen molar-refractivity contribution in [2.75, 3.05) is 10.6 Å². The van der Waals surface area contributed by atoms with Crippen molar-refractivity contribution in [2.45, 2.75) is 6.92 Å². The van der Waals surface area contributed by atoms with Crippen LogP contribution in [0.1, 0.15) is 5.56 Å². The number of nitrogens with zero attached hydrogens (tertiary/aromatic N) is 1. The van der Waals surface area contributed by atoms with E-state index in [0.717, 1.165) is 5.56 Å². The monoisotopic (exact) mass is 233 g/mol. The molecule has 2 aromatic rings. The molecule has 0 aliphatic rings. The Hall–Kier alpha value is -2.50. The highest BCUT2D eigenvalue weighted by Crippen LogP contribution is 2.23. The van der Waals surface area contributed by atoms with Crippen LogP contribution in [0.25, 0.3) is 0 Å². The van der Waals surface area contributed by atoms with Crippen molar-refractivity contribution < 1.29 is 14.4 Å². The number of aryl methyl sites for hydroxylation is 1. The van der Waals surface area contributed by atoms with Crippen LogP contribution in [-0.2, 0) is 0 Å². The maximum Gasteiger partial charge on any atom is 0.326 e. The fraction of sp³-hybridized carbons (Fsp3) is 0.0909. The van der Waals surface area contributed by atoms with Crippen LogP contribution in [-0.4, -0.2) is 16.3 Å². The third-order valence-corrected chi connectivity index (χ3v) is 2.08. The molecule has 1 aromatic heterocycles. The number of aromatic nitrogens is 1. The van der Waals surface area contributed by atoms with Crippen molar-refractivity contribution in [3.05, 3.63) is 36.0 Å². The predicted octanol–water partition coefficient (Wildman–Crippen LogP) is 2.33. The van der Waals surface area contributed by atoms with E-state index in [9.17, 15) is 9.90 Å². The summed E-state index contributed by atoms with van der Waals surface area (Å²) >= 11 is 0. The van der Waals surface area contributed by atoms with Crippen LogP contribution in [0.3, 0.4) is 0 Å². The van der Waals surface area contributed by atoms with Gasteiger partial charge in [-0.2, -0.15) is 0 Å². The van der Waals surface area contributed by atoms with E-state index in [0.29, 0.717) is 5.69 Å². The zero-order chi connectivity index (χ0) is 12.3. The summed E-state index contributed by atoms with van der Waals surface area (Å²) < 4.78 is 4.71. The molecule has 0 atom stereocenters. The summed E-state index contributed by atoms with van der Waals surface area (Å²) in [4.78, 5) is 11.5. The lowest BCUT2D eigenvalue weighted by Crippen LogP contribution is -2.19. The molecule has 88 valence electrons. The lowest BCUT2D eigenvalue weighted by molar-refractivity contribution is 0.261. The molecule has 0 saturated heterocycles. The van der Waals surface area contributed by atoms with Gasteiger partial charge in [0.1, 0.15) is 5.75 Å². The Morgan fingerprint density at radius 3 is 2.82 bits per heavy atom. The van der Waals surface area contributed by atoms with Gasteiger partial charge in [-0.3, -0.25) is 5.32 Å². The highest BCUT2D eigenvalue weighted by Gasteiger charge is 2.07. The van der Waals surface area contributed by atoms with Gasteiger partial charge < -0.3 is 14.9 Å². The Labute approximate surface area is 97.2 Å². The first kappa shape index (κ1) is 11.0. The van der Waals surface area contributed by atoms with Crippen molar-refractivity contribution in [3.63, 3.8) is 0 Å². The van der Waals surface area contributed by atoms with Gasteiger partial charge in [0, 0.05) is 6.07 Å². The molecule has 17 heavy (non-hydrogen) atoms. The zero-order valence-corrected chi connectivity index (χ0v) is 9.10. The molecule has 2 rings (SSSR count). The summed E-state index contributed by atoms with van der Waals surface area (Å²) in [5.41, 5.74) is 1.23. The number of rotatable bonds is 2. The second-order valence-electron chi connectivity index (χ2n) is 3.48. The molecule has 0 radical (unpaired) electrons. The minimum Gasteiger partial charge on any atom is -0.506 e. The maximum atomic E-state index is 11.5. The summed E-state index contributed by atoms with van der Waals surface area (Å²) in [5.74, 6) is 0.242. The molecule has 0 unspecified atom stereocenters. The molecule has 0 aliphatic carbocycles. The fourth-order valence-electron chi connectivity index (χ4n) is 1.29. The van der Waals surface area contributed by atoms with Gasteiger partial charge in [-0.05, 0) is 24.6 Å². The van der Waals surface area contributed by atoms with Gasteiger partial charge >= 0.3 is 6.03 Å². The van der Waals surface area contributed by atoms with Gasteiger partial charge in [0.05, 0.1) is 11.9 Å². The molecule has 0 saturated carbocycles. The highest BCUT2D eigenvalue weighted by atomic mass is 16.5. The van der Waals surface area contributed by atoms with Gasteiger partial charge in [-0.15, -0.1) is 0 Å². The van der Waals surface area contributed by atoms with Crippen molar-refractivity contribution in [1.29, 1.82) is 0 Å². The number of phenols is 1. The van der Waals surface area contributed by atoms with Gasteiger partial charge in [-0.1, -0.05) is 11.2 Å². The molecule has 0 fully saturated rings. The minimum absolute atomic E-state index is 0.0118. The Morgan fingerprint density at radius 1 is 1.35 bits per heavy atom. The molecule has 1 aromatic carbocycles. The van der Waals surface area contributed by atoms with Gasteiger partial charge in [-0.25, -0.2) is 4.79 Å². The van der Waals surface area contributed by atoms with Gasteiger partial charge in [0.2, 0.25) is 5.88 Å². The number of hydrogen-bond donors (Lipinski definition) is 3. The standard InChI is InChI=1S/C11H11N3O3/c1-7-2-3-8(9(15)6-7)13-11(16)14-10-4-5-12-17-10/h2-6,15H,1H3,(H2,13,14,16). The maximum absolute atomic E-state index is 11.5. The van der Waals surface area contributed by atoms with Crippen molar-refractivity contribution in [1.82, 2.24) is 5.16 Å². The second kappa shape index (κ2) is 4.56.